The van der Waals surface area contributed by atoms with Crippen LogP contribution >= 0.6 is 0 Å². The molecule has 0 atom stereocenters. The minimum atomic E-state index is -5.87. The van der Waals surface area contributed by atoms with Crippen LogP contribution in [-0.2, 0) is 9.53 Å². The fraction of sp³-hybridized carbons (Fsp3) is 0.875. The van der Waals surface area contributed by atoms with Crippen LogP contribution < -0.4 is 0 Å². The summed E-state index contributed by atoms with van der Waals surface area (Å²) in [5, 5.41) is 8.65. The van der Waals surface area contributed by atoms with Gasteiger partial charge in [0.2, 0.25) is 0 Å². The number of rotatable bonds is 2. The lowest BCUT2D eigenvalue weighted by atomic mass is 9.74. The molecule has 0 aromatic rings. The third-order valence-electron chi connectivity index (χ3n) is 2.71. The Morgan fingerprint density at radius 1 is 1.12 bits per heavy atom. The van der Waals surface area contributed by atoms with Crippen LogP contribution in [-0.4, -0.2) is 36.4 Å². The molecule has 0 spiro atoms. The van der Waals surface area contributed by atoms with E-state index in [0.29, 0.717) is 0 Å². The number of hydrogen-bond donors (Lipinski definition) is 1. The molecule has 0 radical (unpaired) electrons. The van der Waals surface area contributed by atoms with Crippen LogP contribution in [0.4, 0.5) is 22.0 Å². The number of carbonyl (C=O) groups is 1. The first-order valence-corrected chi connectivity index (χ1v) is 4.41. The summed E-state index contributed by atoms with van der Waals surface area (Å²) in [4.78, 5) is 10.7. The van der Waals surface area contributed by atoms with Crippen molar-refractivity contribution in [1.82, 2.24) is 0 Å². The fourth-order valence-electron chi connectivity index (χ4n) is 1.65. The van der Waals surface area contributed by atoms with Gasteiger partial charge >= 0.3 is 18.1 Å². The minimum absolute atomic E-state index is 0.419. The predicted molar refractivity (Wildman–Crippen MR) is 41.1 cm³/mol. The van der Waals surface area contributed by atoms with E-state index in [9.17, 15) is 26.7 Å². The Kier molecular flexibility index (Phi) is 3.15. The number of hydrogen-bond acceptors (Lipinski definition) is 2. The number of ether oxygens (including phenoxy) is 1. The Morgan fingerprint density at radius 2 is 1.56 bits per heavy atom. The summed E-state index contributed by atoms with van der Waals surface area (Å²) in [5.74, 6) is -7.39. The van der Waals surface area contributed by atoms with E-state index in [-0.39, 0.29) is 0 Å². The van der Waals surface area contributed by atoms with Gasteiger partial charge in [0.1, 0.15) is 5.41 Å². The third-order valence-corrected chi connectivity index (χ3v) is 2.71. The third kappa shape index (κ3) is 1.74. The maximum absolute atomic E-state index is 13.2. The SMILES string of the molecule is O=C(O)C1(C(F)(F)C(F)(F)F)CCOCC1. The molecule has 8 heteroatoms. The maximum Gasteiger partial charge on any atom is 0.454 e. The highest BCUT2D eigenvalue weighted by molar-refractivity contribution is 5.76. The molecule has 1 N–H and O–H groups in total. The second-order valence-corrected chi connectivity index (χ2v) is 3.57. The van der Waals surface area contributed by atoms with Crippen molar-refractivity contribution in [3.8, 4) is 0 Å². The Bertz CT molecular complexity index is 280. The molecule has 0 bridgehead atoms. The van der Waals surface area contributed by atoms with Gasteiger partial charge in [-0.15, -0.1) is 0 Å². The molecule has 1 aliphatic heterocycles. The van der Waals surface area contributed by atoms with Gasteiger partial charge in [-0.1, -0.05) is 0 Å². The smallest absolute Gasteiger partial charge is 0.454 e. The van der Waals surface area contributed by atoms with Crippen LogP contribution in [0.5, 0.6) is 0 Å². The Morgan fingerprint density at radius 3 is 1.88 bits per heavy atom. The zero-order chi connectivity index (χ0) is 12.6. The van der Waals surface area contributed by atoms with Crippen LogP contribution in [0.25, 0.3) is 0 Å². The number of carboxylic acids is 1. The lowest BCUT2D eigenvalue weighted by Crippen LogP contribution is -2.58. The van der Waals surface area contributed by atoms with Gasteiger partial charge in [0.25, 0.3) is 0 Å². The van der Waals surface area contributed by atoms with Crippen LogP contribution in [0.3, 0.4) is 0 Å². The van der Waals surface area contributed by atoms with Gasteiger partial charge in [-0.3, -0.25) is 4.79 Å². The van der Waals surface area contributed by atoms with Crippen LogP contribution in [0.2, 0.25) is 0 Å². The monoisotopic (exact) mass is 248 g/mol. The molecular formula is C8H9F5O3. The number of alkyl halides is 5. The van der Waals surface area contributed by atoms with Gasteiger partial charge in [0, 0.05) is 13.2 Å². The van der Waals surface area contributed by atoms with Crippen LogP contribution in [0, 0.1) is 5.41 Å². The van der Waals surface area contributed by atoms with Gasteiger partial charge in [-0.2, -0.15) is 22.0 Å². The fourth-order valence-corrected chi connectivity index (χ4v) is 1.65. The first-order chi connectivity index (χ1) is 7.15. The minimum Gasteiger partial charge on any atom is -0.481 e. The van der Waals surface area contributed by atoms with Crippen molar-refractivity contribution < 1.29 is 36.6 Å². The van der Waals surface area contributed by atoms with Gasteiger partial charge < -0.3 is 9.84 Å². The van der Waals surface area contributed by atoms with E-state index in [4.69, 9.17) is 5.11 Å². The van der Waals surface area contributed by atoms with Crippen molar-refractivity contribution in [2.75, 3.05) is 13.2 Å². The molecular weight excluding hydrogens is 239 g/mol. The van der Waals surface area contributed by atoms with Crippen LogP contribution in [0.1, 0.15) is 12.8 Å². The highest BCUT2D eigenvalue weighted by Crippen LogP contribution is 2.53. The van der Waals surface area contributed by atoms with Crippen molar-refractivity contribution in [3.05, 3.63) is 0 Å². The summed E-state index contributed by atoms with van der Waals surface area (Å²) < 4.78 is 67.4. The zero-order valence-electron chi connectivity index (χ0n) is 7.98. The van der Waals surface area contributed by atoms with Gasteiger partial charge in [-0.05, 0) is 12.8 Å². The number of aliphatic carboxylic acids is 1. The Hall–Kier alpha value is -0.920. The molecule has 16 heavy (non-hydrogen) atoms. The molecule has 0 amide bonds. The Balaban J connectivity index is 3.15. The van der Waals surface area contributed by atoms with Crippen molar-refractivity contribution >= 4 is 5.97 Å². The molecule has 0 aliphatic carbocycles. The molecule has 3 nitrogen and oxygen atoms in total. The van der Waals surface area contributed by atoms with Crippen molar-refractivity contribution in [2.45, 2.75) is 24.9 Å². The lowest BCUT2D eigenvalue weighted by molar-refractivity contribution is -0.331. The second-order valence-electron chi connectivity index (χ2n) is 3.57. The van der Waals surface area contributed by atoms with E-state index in [1.807, 2.05) is 0 Å². The molecule has 1 rings (SSSR count). The second kappa shape index (κ2) is 3.83. The summed E-state index contributed by atoms with van der Waals surface area (Å²) in [6, 6.07) is 0. The first-order valence-electron chi connectivity index (χ1n) is 4.41. The molecule has 1 aliphatic rings. The molecule has 0 unspecified atom stereocenters. The van der Waals surface area contributed by atoms with E-state index >= 15 is 0 Å². The molecule has 0 aromatic carbocycles. The van der Waals surface area contributed by atoms with Crippen molar-refractivity contribution in [3.63, 3.8) is 0 Å². The molecule has 0 saturated carbocycles. The summed E-state index contributed by atoms with van der Waals surface area (Å²) >= 11 is 0. The van der Waals surface area contributed by atoms with Crippen LogP contribution in [0.15, 0.2) is 0 Å². The number of carboxylic acid groups (broad SMARTS) is 1. The van der Waals surface area contributed by atoms with E-state index < -0.39 is 49.5 Å². The standard InChI is InChI=1S/C8H9F5O3/c9-7(10,8(11,12)13)6(5(14)15)1-3-16-4-2-6/h1-4H2,(H,14,15). The average Bonchev–Trinajstić information content (AvgIpc) is 2.16. The maximum atomic E-state index is 13.2. The lowest BCUT2D eigenvalue weighted by Gasteiger charge is -2.39. The number of halogens is 5. The molecule has 0 aromatic heterocycles. The highest BCUT2D eigenvalue weighted by atomic mass is 19.4. The van der Waals surface area contributed by atoms with E-state index in [1.54, 1.807) is 0 Å². The topological polar surface area (TPSA) is 46.5 Å². The van der Waals surface area contributed by atoms with Crippen molar-refractivity contribution in [2.24, 2.45) is 5.41 Å². The van der Waals surface area contributed by atoms with Crippen molar-refractivity contribution in [1.29, 1.82) is 0 Å². The highest BCUT2D eigenvalue weighted by Gasteiger charge is 2.73. The van der Waals surface area contributed by atoms with Gasteiger partial charge in [0.05, 0.1) is 0 Å². The summed E-state index contributed by atoms with van der Waals surface area (Å²) in [5.41, 5.74) is -3.11. The first kappa shape index (κ1) is 13.1. The molecule has 94 valence electrons. The largest absolute Gasteiger partial charge is 0.481 e. The zero-order valence-corrected chi connectivity index (χ0v) is 7.98. The normalized spacial score (nSPS) is 21.8. The average molecular weight is 248 g/mol. The summed E-state index contributed by atoms with van der Waals surface area (Å²) in [7, 11) is 0. The van der Waals surface area contributed by atoms with E-state index in [0.717, 1.165) is 0 Å². The molecule has 1 fully saturated rings. The van der Waals surface area contributed by atoms with E-state index in [1.165, 1.54) is 0 Å². The molecule has 1 heterocycles. The van der Waals surface area contributed by atoms with Gasteiger partial charge in [0.15, 0.2) is 0 Å². The summed E-state index contributed by atoms with van der Waals surface area (Å²) in [6.45, 7) is -0.837. The Labute approximate surface area is 87.2 Å². The molecule has 1 saturated heterocycles. The summed E-state index contributed by atoms with van der Waals surface area (Å²) in [6.07, 6.45) is -7.58. The van der Waals surface area contributed by atoms with E-state index in [2.05, 4.69) is 4.74 Å². The predicted octanol–water partition coefficient (Wildman–Crippen LogP) is 2.07. The van der Waals surface area contributed by atoms with Gasteiger partial charge in [-0.25, -0.2) is 0 Å². The quantitative estimate of drug-likeness (QED) is 0.761.